The van der Waals surface area contributed by atoms with Gasteiger partial charge in [0.2, 0.25) is 5.91 Å². The van der Waals surface area contributed by atoms with Crippen LogP contribution in [0.1, 0.15) is 52.9 Å². The van der Waals surface area contributed by atoms with E-state index in [1.165, 1.54) is 0 Å². The van der Waals surface area contributed by atoms with Gasteiger partial charge in [-0.2, -0.15) is 0 Å². The molecule has 7 nitrogen and oxygen atoms in total. The van der Waals surface area contributed by atoms with Crippen LogP contribution in [-0.4, -0.2) is 36.2 Å². The van der Waals surface area contributed by atoms with Crippen LogP contribution in [0.4, 0.5) is 0 Å². The van der Waals surface area contributed by atoms with E-state index >= 15 is 0 Å². The van der Waals surface area contributed by atoms with Gasteiger partial charge in [0.15, 0.2) is 0 Å². The summed E-state index contributed by atoms with van der Waals surface area (Å²) in [5, 5.41) is 3.65. The molecule has 1 N–H and O–H groups in total. The summed E-state index contributed by atoms with van der Waals surface area (Å²) in [4.78, 5) is 43.2. The van der Waals surface area contributed by atoms with Crippen LogP contribution in [0.15, 0.2) is 0 Å². The molecular formula is C13H24N2O5. The number of unbranched alkanes of at least 4 members (excludes halogenated alkanes) is 1. The normalized spacial score (nSPS) is 10.2. The first-order valence-electron chi connectivity index (χ1n) is 6.99. The summed E-state index contributed by atoms with van der Waals surface area (Å²) in [6, 6.07) is 0. The molecule has 0 aromatic carbocycles. The van der Waals surface area contributed by atoms with Crippen molar-refractivity contribution in [3.8, 4) is 0 Å². The lowest BCUT2D eigenvalue weighted by Crippen LogP contribution is -2.31. The van der Waals surface area contributed by atoms with E-state index in [1.807, 2.05) is 0 Å². The second-order valence-corrected chi connectivity index (χ2v) is 4.10. The number of carbonyl (C=O) groups is 3. The van der Waals surface area contributed by atoms with Crippen LogP contribution in [0.2, 0.25) is 0 Å². The van der Waals surface area contributed by atoms with Crippen molar-refractivity contribution in [3.05, 3.63) is 0 Å². The predicted octanol–water partition coefficient (Wildman–Crippen LogP) is 1.33. The number of carbonyl (C=O) groups excluding carboxylic acids is 3. The molecule has 0 heterocycles. The average molecular weight is 288 g/mol. The molecule has 0 fully saturated rings. The molecule has 116 valence electrons. The topological polar surface area (TPSA) is 84.9 Å². The molecule has 0 spiro atoms. The summed E-state index contributed by atoms with van der Waals surface area (Å²) in [5.41, 5.74) is 0. The van der Waals surface area contributed by atoms with Crippen molar-refractivity contribution in [2.75, 3.05) is 13.1 Å². The third-order valence-electron chi connectivity index (χ3n) is 2.40. The Morgan fingerprint density at radius 2 is 1.45 bits per heavy atom. The molecule has 0 aliphatic heterocycles. The Hall–Kier alpha value is -1.63. The Bertz CT molecular complexity index is 302. The number of amides is 1. The number of hydrogen-bond donors (Lipinski definition) is 1. The zero-order chi connectivity index (χ0) is 15.4. The maximum absolute atomic E-state index is 11.2. The van der Waals surface area contributed by atoms with Gasteiger partial charge in [-0.3, -0.25) is 14.4 Å². The maximum Gasteiger partial charge on any atom is 0.328 e. The SMILES string of the molecule is CCC(=O)NCCCCN(OC(=O)CC)OC(=O)CC. The Balaban J connectivity index is 3.99. The summed E-state index contributed by atoms with van der Waals surface area (Å²) < 4.78 is 0. The quantitative estimate of drug-likeness (QED) is 0.482. The van der Waals surface area contributed by atoms with Gasteiger partial charge in [0.25, 0.3) is 0 Å². The predicted molar refractivity (Wildman–Crippen MR) is 72.0 cm³/mol. The molecular weight excluding hydrogens is 264 g/mol. The minimum absolute atomic E-state index is 0.00308. The number of nitrogens with zero attached hydrogens (tertiary/aromatic N) is 1. The van der Waals surface area contributed by atoms with Crippen molar-refractivity contribution in [2.45, 2.75) is 52.9 Å². The van der Waals surface area contributed by atoms with Crippen LogP contribution in [-0.2, 0) is 24.1 Å². The van der Waals surface area contributed by atoms with Gasteiger partial charge >= 0.3 is 11.9 Å². The second kappa shape index (κ2) is 11.2. The molecule has 0 rings (SSSR count). The largest absolute Gasteiger partial charge is 0.356 e. The molecule has 7 heteroatoms. The molecule has 0 saturated carbocycles. The van der Waals surface area contributed by atoms with E-state index in [9.17, 15) is 14.4 Å². The summed E-state index contributed by atoms with van der Waals surface area (Å²) in [6.45, 7) is 5.92. The Morgan fingerprint density at radius 3 is 1.90 bits per heavy atom. The Labute approximate surface area is 119 Å². The molecule has 20 heavy (non-hydrogen) atoms. The summed E-state index contributed by atoms with van der Waals surface area (Å²) in [5.74, 6) is -0.932. The van der Waals surface area contributed by atoms with E-state index in [4.69, 9.17) is 9.68 Å². The highest BCUT2D eigenvalue weighted by Gasteiger charge is 2.14. The fraction of sp³-hybridized carbons (Fsp3) is 0.769. The first kappa shape index (κ1) is 18.4. The van der Waals surface area contributed by atoms with Gasteiger partial charge in [-0.05, 0) is 12.8 Å². The lowest BCUT2D eigenvalue weighted by Gasteiger charge is -2.19. The van der Waals surface area contributed by atoms with Crippen molar-refractivity contribution in [1.29, 1.82) is 0 Å². The van der Waals surface area contributed by atoms with Crippen molar-refractivity contribution in [1.82, 2.24) is 10.5 Å². The van der Waals surface area contributed by atoms with Crippen LogP contribution in [0.5, 0.6) is 0 Å². The molecule has 0 bridgehead atoms. The van der Waals surface area contributed by atoms with Crippen molar-refractivity contribution in [2.24, 2.45) is 0 Å². The summed E-state index contributed by atoms with van der Waals surface area (Å²) in [7, 11) is 0. The zero-order valence-electron chi connectivity index (χ0n) is 12.4. The van der Waals surface area contributed by atoms with Crippen LogP contribution >= 0.6 is 0 Å². The van der Waals surface area contributed by atoms with Gasteiger partial charge in [-0.1, -0.05) is 20.8 Å². The summed E-state index contributed by atoms with van der Waals surface area (Å²) >= 11 is 0. The minimum atomic E-state index is -0.465. The van der Waals surface area contributed by atoms with Gasteiger partial charge < -0.3 is 15.0 Å². The van der Waals surface area contributed by atoms with E-state index in [0.717, 1.165) is 5.23 Å². The maximum atomic E-state index is 11.2. The van der Waals surface area contributed by atoms with Crippen LogP contribution in [0.3, 0.4) is 0 Å². The lowest BCUT2D eigenvalue weighted by molar-refractivity contribution is -0.325. The molecule has 0 radical (unpaired) electrons. The van der Waals surface area contributed by atoms with Gasteiger partial charge in [0, 0.05) is 31.0 Å². The van der Waals surface area contributed by atoms with Crippen LogP contribution < -0.4 is 5.32 Å². The highest BCUT2D eigenvalue weighted by molar-refractivity contribution is 5.75. The molecule has 0 aliphatic carbocycles. The monoisotopic (exact) mass is 288 g/mol. The standard InChI is InChI=1S/C13H24N2O5/c1-4-11(16)14-9-7-8-10-15(19-12(17)5-2)20-13(18)6-3/h4-10H2,1-3H3,(H,14,16). The second-order valence-electron chi connectivity index (χ2n) is 4.10. The van der Waals surface area contributed by atoms with Crippen LogP contribution in [0.25, 0.3) is 0 Å². The van der Waals surface area contributed by atoms with Crippen molar-refractivity contribution >= 4 is 17.8 Å². The van der Waals surface area contributed by atoms with E-state index < -0.39 is 11.9 Å². The molecule has 0 atom stereocenters. The van der Waals surface area contributed by atoms with E-state index in [1.54, 1.807) is 20.8 Å². The molecule has 0 unspecified atom stereocenters. The highest BCUT2D eigenvalue weighted by atomic mass is 17.0. The van der Waals surface area contributed by atoms with Gasteiger partial charge in [0.1, 0.15) is 0 Å². The fourth-order valence-electron chi connectivity index (χ4n) is 1.18. The first-order valence-corrected chi connectivity index (χ1v) is 6.99. The fourth-order valence-corrected chi connectivity index (χ4v) is 1.18. The van der Waals surface area contributed by atoms with E-state index in [-0.39, 0.29) is 25.3 Å². The Morgan fingerprint density at radius 1 is 0.900 bits per heavy atom. The van der Waals surface area contributed by atoms with Gasteiger partial charge in [-0.25, -0.2) is 0 Å². The number of nitrogens with one attached hydrogen (secondary N) is 1. The zero-order valence-corrected chi connectivity index (χ0v) is 12.4. The number of hydrogen-bond acceptors (Lipinski definition) is 6. The number of hydroxylamine groups is 2. The average Bonchev–Trinajstić information content (AvgIpc) is 2.45. The molecule has 1 amide bonds. The van der Waals surface area contributed by atoms with Gasteiger partial charge in [0.05, 0.1) is 6.54 Å². The molecule has 0 aromatic rings. The summed E-state index contributed by atoms with van der Waals surface area (Å²) in [6.07, 6.45) is 2.18. The minimum Gasteiger partial charge on any atom is -0.356 e. The first-order chi connectivity index (χ1) is 9.53. The highest BCUT2D eigenvalue weighted by Crippen LogP contribution is 2.02. The van der Waals surface area contributed by atoms with Crippen molar-refractivity contribution in [3.63, 3.8) is 0 Å². The Kier molecular flexibility index (Phi) is 10.3. The lowest BCUT2D eigenvalue weighted by atomic mass is 10.3. The molecule has 0 aliphatic rings. The molecule has 0 saturated heterocycles. The van der Waals surface area contributed by atoms with Crippen LogP contribution in [0, 0.1) is 0 Å². The van der Waals surface area contributed by atoms with Gasteiger partial charge in [-0.15, -0.1) is 0 Å². The number of rotatable bonds is 10. The smallest absolute Gasteiger partial charge is 0.328 e. The third kappa shape index (κ3) is 9.32. The molecule has 0 aromatic heterocycles. The third-order valence-corrected chi connectivity index (χ3v) is 2.40. The van der Waals surface area contributed by atoms with E-state index in [0.29, 0.717) is 25.8 Å². The van der Waals surface area contributed by atoms with Crippen molar-refractivity contribution < 1.29 is 24.1 Å². The van der Waals surface area contributed by atoms with E-state index in [2.05, 4.69) is 5.32 Å².